The van der Waals surface area contributed by atoms with Gasteiger partial charge < -0.3 is 5.73 Å². The zero-order valence-electron chi connectivity index (χ0n) is 17.0. The van der Waals surface area contributed by atoms with Gasteiger partial charge in [-0.3, -0.25) is 0 Å². The fraction of sp³-hybridized carbons (Fsp3) is 0.739. The van der Waals surface area contributed by atoms with Crippen molar-refractivity contribution in [3.8, 4) is 0 Å². The van der Waals surface area contributed by atoms with Crippen LogP contribution in [0.3, 0.4) is 0 Å². The van der Waals surface area contributed by atoms with Gasteiger partial charge in [0.15, 0.2) is 0 Å². The van der Waals surface area contributed by atoms with Crippen LogP contribution < -0.4 is 5.73 Å². The summed E-state index contributed by atoms with van der Waals surface area (Å²) in [7, 11) is 0. The first kappa shape index (κ1) is 28.7. The summed E-state index contributed by atoms with van der Waals surface area (Å²) in [4.78, 5) is 0. The third-order valence-electron chi connectivity index (χ3n) is 5.01. The average Bonchev–Trinajstić information content (AvgIpc) is 2.55. The van der Waals surface area contributed by atoms with Gasteiger partial charge in [-0.05, 0) is 37.8 Å². The van der Waals surface area contributed by atoms with Gasteiger partial charge in [0.2, 0.25) is 0 Å². The van der Waals surface area contributed by atoms with Crippen LogP contribution in [-0.4, -0.2) is 29.6 Å². The standard InChI is InChI=1S/C23H41N.ClH.Na.H/c1-4-5-6-7-8-9-10-11-12-13-14-15-18-21-19-16-17-20-22(21)23(2,3)24;;;/h16-17,19-20H,4-15,18,24H2,1-3H3;1H;;. The van der Waals surface area contributed by atoms with Gasteiger partial charge in [0.1, 0.15) is 0 Å². The molecule has 0 aromatic heterocycles. The number of nitrogens with two attached hydrogens (primary N) is 1. The Bertz CT molecular complexity index is 428. The molecule has 26 heavy (non-hydrogen) atoms. The van der Waals surface area contributed by atoms with Crippen LogP contribution in [0.1, 0.15) is 109 Å². The monoisotopic (exact) mass is 391 g/mol. The quantitative estimate of drug-likeness (QED) is 0.271. The van der Waals surface area contributed by atoms with E-state index in [0.717, 1.165) is 0 Å². The van der Waals surface area contributed by atoms with E-state index in [-0.39, 0.29) is 47.5 Å². The second-order valence-electron chi connectivity index (χ2n) is 8.02. The van der Waals surface area contributed by atoms with E-state index in [2.05, 4.69) is 45.0 Å². The molecule has 0 amide bonds. The summed E-state index contributed by atoms with van der Waals surface area (Å²) in [6.07, 6.45) is 18.1. The zero-order chi connectivity index (χ0) is 17.7. The number of hydrogen-bond donors (Lipinski definition) is 1. The maximum atomic E-state index is 6.29. The molecule has 0 aliphatic carbocycles. The fourth-order valence-corrected chi connectivity index (χ4v) is 3.52. The second kappa shape index (κ2) is 17.6. The molecule has 148 valence electrons. The molecule has 0 bridgehead atoms. The molecule has 3 heteroatoms. The summed E-state index contributed by atoms with van der Waals surface area (Å²) in [6, 6.07) is 8.69. The molecule has 1 aromatic carbocycles. The van der Waals surface area contributed by atoms with E-state index in [1.807, 2.05) is 0 Å². The van der Waals surface area contributed by atoms with Crippen LogP contribution in [0.4, 0.5) is 0 Å². The zero-order valence-corrected chi connectivity index (χ0v) is 17.8. The summed E-state index contributed by atoms with van der Waals surface area (Å²) < 4.78 is 0. The summed E-state index contributed by atoms with van der Waals surface area (Å²) in [5.41, 5.74) is 8.82. The molecule has 0 aliphatic rings. The molecular weight excluding hydrogens is 349 g/mol. The Labute approximate surface area is 192 Å². The molecule has 0 unspecified atom stereocenters. The second-order valence-corrected chi connectivity index (χ2v) is 8.02. The molecular formula is C23H43ClNNa. The third kappa shape index (κ3) is 13.6. The molecule has 0 aliphatic heterocycles. The Morgan fingerprint density at radius 3 is 1.62 bits per heavy atom. The molecule has 0 saturated carbocycles. The minimum absolute atomic E-state index is 0. The molecule has 0 saturated heterocycles. The van der Waals surface area contributed by atoms with Crippen LogP contribution in [-0.2, 0) is 12.0 Å². The third-order valence-corrected chi connectivity index (χ3v) is 5.01. The normalized spacial score (nSPS) is 10.9. The van der Waals surface area contributed by atoms with E-state index < -0.39 is 0 Å². The van der Waals surface area contributed by atoms with Gasteiger partial charge in [0.05, 0.1) is 0 Å². The maximum absolute atomic E-state index is 6.29. The van der Waals surface area contributed by atoms with Gasteiger partial charge in [0, 0.05) is 5.54 Å². The Hall–Kier alpha value is 0.470. The van der Waals surface area contributed by atoms with Crippen LogP contribution in [0, 0.1) is 0 Å². The molecule has 0 fully saturated rings. The average molecular weight is 392 g/mol. The van der Waals surface area contributed by atoms with Crippen molar-refractivity contribution in [2.75, 3.05) is 0 Å². The first-order valence-corrected chi connectivity index (χ1v) is 10.4. The van der Waals surface area contributed by atoms with Gasteiger partial charge >= 0.3 is 29.6 Å². The van der Waals surface area contributed by atoms with E-state index in [1.165, 1.54) is 94.6 Å². The number of rotatable bonds is 14. The van der Waals surface area contributed by atoms with E-state index in [1.54, 1.807) is 0 Å². The van der Waals surface area contributed by atoms with Crippen LogP contribution in [0.15, 0.2) is 24.3 Å². The predicted molar refractivity (Wildman–Crippen MR) is 123 cm³/mol. The van der Waals surface area contributed by atoms with E-state index in [0.29, 0.717) is 0 Å². The molecule has 2 N–H and O–H groups in total. The number of benzene rings is 1. The molecule has 0 heterocycles. The van der Waals surface area contributed by atoms with Crippen molar-refractivity contribution in [1.82, 2.24) is 0 Å². The Morgan fingerprint density at radius 2 is 1.15 bits per heavy atom. The van der Waals surface area contributed by atoms with Crippen molar-refractivity contribution in [1.29, 1.82) is 0 Å². The summed E-state index contributed by atoms with van der Waals surface area (Å²) >= 11 is 0. The van der Waals surface area contributed by atoms with E-state index >= 15 is 0 Å². The molecule has 0 radical (unpaired) electrons. The van der Waals surface area contributed by atoms with Crippen molar-refractivity contribution >= 4 is 42.0 Å². The van der Waals surface area contributed by atoms with Gasteiger partial charge in [-0.1, -0.05) is 102 Å². The van der Waals surface area contributed by atoms with Crippen LogP contribution >= 0.6 is 12.4 Å². The van der Waals surface area contributed by atoms with Crippen molar-refractivity contribution in [3.63, 3.8) is 0 Å². The number of hydrogen-bond acceptors (Lipinski definition) is 1. The molecule has 1 aromatic rings. The first-order valence-electron chi connectivity index (χ1n) is 10.4. The van der Waals surface area contributed by atoms with E-state index in [4.69, 9.17) is 5.73 Å². The number of aryl methyl sites for hydroxylation is 1. The summed E-state index contributed by atoms with van der Waals surface area (Å²) in [5.74, 6) is 0. The van der Waals surface area contributed by atoms with Crippen LogP contribution in [0.25, 0.3) is 0 Å². The Morgan fingerprint density at radius 1 is 0.731 bits per heavy atom. The Kier molecular flexibility index (Phi) is 19.4. The van der Waals surface area contributed by atoms with Crippen LogP contribution in [0.5, 0.6) is 0 Å². The number of unbranched alkanes of at least 4 members (excludes halogenated alkanes) is 11. The van der Waals surface area contributed by atoms with Gasteiger partial charge in [0.25, 0.3) is 0 Å². The van der Waals surface area contributed by atoms with Crippen molar-refractivity contribution < 1.29 is 0 Å². The van der Waals surface area contributed by atoms with Gasteiger partial charge in [-0.2, -0.15) is 0 Å². The van der Waals surface area contributed by atoms with Gasteiger partial charge in [-0.15, -0.1) is 12.4 Å². The van der Waals surface area contributed by atoms with Crippen LogP contribution in [0.2, 0.25) is 0 Å². The molecule has 0 atom stereocenters. The van der Waals surface area contributed by atoms with Crippen molar-refractivity contribution in [2.24, 2.45) is 5.73 Å². The Balaban J connectivity index is 0. The predicted octanol–water partition coefficient (Wildman–Crippen LogP) is 6.90. The topological polar surface area (TPSA) is 26.0 Å². The summed E-state index contributed by atoms with van der Waals surface area (Å²) in [5, 5.41) is 0. The summed E-state index contributed by atoms with van der Waals surface area (Å²) in [6.45, 7) is 6.50. The van der Waals surface area contributed by atoms with E-state index in [9.17, 15) is 0 Å². The SMILES string of the molecule is CCCCCCCCCCCCCCc1ccccc1C(C)(C)N.Cl.[NaH]. The van der Waals surface area contributed by atoms with Gasteiger partial charge in [-0.25, -0.2) is 0 Å². The first-order chi connectivity index (χ1) is 11.6. The molecule has 1 rings (SSSR count). The molecule has 0 spiro atoms. The van der Waals surface area contributed by atoms with Crippen molar-refractivity contribution in [2.45, 2.75) is 110 Å². The minimum atomic E-state index is -0.228. The molecule has 1 nitrogen and oxygen atoms in total. The number of halogens is 1. The fourth-order valence-electron chi connectivity index (χ4n) is 3.52. The van der Waals surface area contributed by atoms with Crippen molar-refractivity contribution in [3.05, 3.63) is 35.4 Å².